The second-order valence-corrected chi connectivity index (χ2v) is 7.96. The van der Waals surface area contributed by atoms with E-state index in [0.717, 1.165) is 41.6 Å². The first-order valence-electron chi connectivity index (χ1n) is 7.43. The molecule has 0 aliphatic carbocycles. The highest BCUT2D eigenvalue weighted by atomic mass is 33.1. The summed E-state index contributed by atoms with van der Waals surface area (Å²) in [6.07, 6.45) is 1.81. The fraction of sp³-hybridized carbons (Fsp3) is 0.375. The van der Waals surface area contributed by atoms with Gasteiger partial charge in [-0.3, -0.25) is 4.79 Å². The lowest BCUT2D eigenvalue weighted by molar-refractivity contribution is 0.0770. The van der Waals surface area contributed by atoms with Gasteiger partial charge in [-0.15, -0.1) is 0 Å². The van der Waals surface area contributed by atoms with Gasteiger partial charge in [0.25, 0.3) is 5.91 Å². The fourth-order valence-electron chi connectivity index (χ4n) is 2.44. The van der Waals surface area contributed by atoms with Gasteiger partial charge in [-0.05, 0) is 30.7 Å². The van der Waals surface area contributed by atoms with E-state index in [9.17, 15) is 4.79 Å². The second-order valence-electron chi connectivity index (χ2n) is 5.26. The predicted molar refractivity (Wildman–Crippen MR) is 95.7 cm³/mol. The standard InChI is InChI=1S/C16H19N3O2S2/c1-12-3-4-15(21-2)14(11-12)19-6-5-13(17-19)16(20)18-7-9-22-23-10-8-18/h3-6,11H,7-10H2,1-2H3. The maximum Gasteiger partial charge on any atom is 0.274 e. The van der Waals surface area contributed by atoms with Gasteiger partial charge in [0.15, 0.2) is 5.69 Å². The van der Waals surface area contributed by atoms with E-state index in [-0.39, 0.29) is 5.91 Å². The summed E-state index contributed by atoms with van der Waals surface area (Å²) in [6, 6.07) is 7.68. The van der Waals surface area contributed by atoms with E-state index in [1.165, 1.54) is 0 Å². The topological polar surface area (TPSA) is 47.4 Å². The van der Waals surface area contributed by atoms with E-state index in [4.69, 9.17) is 4.74 Å². The zero-order valence-electron chi connectivity index (χ0n) is 13.2. The van der Waals surface area contributed by atoms with Crippen LogP contribution in [0.5, 0.6) is 5.75 Å². The van der Waals surface area contributed by atoms with Crippen LogP contribution in [0.1, 0.15) is 16.1 Å². The number of ether oxygens (including phenoxy) is 1. The summed E-state index contributed by atoms with van der Waals surface area (Å²) in [4.78, 5) is 14.5. The lowest BCUT2D eigenvalue weighted by atomic mass is 10.2. The SMILES string of the molecule is COc1ccc(C)cc1-n1ccc(C(=O)N2CCSSCC2)n1. The molecule has 1 amide bonds. The van der Waals surface area contributed by atoms with Crippen LogP contribution in [0.15, 0.2) is 30.5 Å². The Kier molecular flexibility index (Phi) is 5.17. The molecule has 0 radical (unpaired) electrons. The van der Waals surface area contributed by atoms with Crippen molar-refractivity contribution in [2.45, 2.75) is 6.92 Å². The van der Waals surface area contributed by atoms with Crippen molar-refractivity contribution in [2.24, 2.45) is 0 Å². The molecule has 1 fully saturated rings. The Bertz CT molecular complexity index is 694. The monoisotopic (exact) mass is 349 g/mol. The molecule has 1 aliphatic heterocycles. The first-order chi connectivity index (χ1) is 11.2. The van der Waals surface area contributed by atoms with E-state index in [2.05, 4.69) is 5.10 Å². The summed E-state index contributed by atoms with van der Waals surface area (Å²) in [5.74, 6) is 2.66. The normalized spacial score (nSPS) is 15.3. The van der Waals surface area contributed by atoms with Gasteiger partial charge in [-0.1, -0.05) is 27.7 Å². The number of methoxy groups -OCH3 is 1. The number of aryl methyl sites for hydroxylation is 1. The molecular weight excluding hydrogens is 330 g/mol. The van der Waals surface area contributed by atoms with Gasteiger partial charge in [0, 0.05) is 30.8 Å². The van der Waals surface area contributed by atoms with Gasteiger partial charge in [0.1, 0.15) is 11.4 Å². The number of hydrogen-bond acceptors (Lipinski definition) is 5. The highest BCUT2D eigenvalue weighted by Crippen LogP contribution is 2.25. The van der Waals surface area contributed by atoms with Crippen LogP contribution < -0.4 is 4.74 Å². The molecule has 122 valence electrons. The largest absolute Gasteiger partial charge is 0.494 e. The summed E-state index contributed by atoms with van der Waals surface area (Å²) < 4.78 is 7.10. The Balaban J connectivity index is 1.85. The van der Waals surface area contributed by atoms with Crippen LogP contribution in [0.25, 0.3) is 5.69 Å². The van der Waals surface area contributed by atoms with Crippen LogP contribution >= 0.6 is 21.6 Å². The predicted octanol–water partition coefficient (Wildman–Crippen LogP) is 3.03. The molecular formula is C16H19N3O2S2. The number of aromatic nitrogens is 2. The third kappa shape index (κ3) is 3.67. The number of nitrogens with zero attached hydrogens (tertiary/aromatic N) is 3. The Labute approximate surface area is 143 Å². The first-order valence-corrected chi connectivity index (χ1v) is 9.92. The average molecular weight is 349 g/mol. The Morgan fingerprint density at radius 3 is 2.65 bits per heavy atom. The van der Waals surface area contributed by atoms with Crippen molar-refractivity contribution in [2.75, 3.05) is 31.7 Å². The van der Waals surface area contributed by atoms with E-state index in [1.807, 2.05) is 57.8 Å². The molecule has 1 aliphatic rings. The smallest absolute Gasteiger partial charge is 0.274 e. The second kappa shape index (κ2) is 7.31. The van der Waals surface area contributed by atoms with E-state index >= 15 is 0 Å². The summed E-state index contributed by atoms with van der Waals surface area (Å²) in [5.41, 5.74) is 2.43. The average Bonchev–Trinajstić information content (AvgIpc) is 2.89. The molecule has 1 saturated heterocycles. The number of carbonyl (C=O) groups is 1. The van der Waals surface area contributed by atoms with Gasteiger partial charge < -0.3 is 9.64 Å². The molecule has 0 spiro atoms. The van der Waals surface area contributed by atoms with Crippen LogP contribution in [-0.4, -0.2) is 52.3 Å². The minimum absolute atomic E-state index is 0.00142. The Morgan fingerprint density at radius 1 is 1.22 bits per heavy atom. The van der Waals surface area contributed by atoms with Gasteiger partial charge in [-0.2, -0.15) is 5.10 Å². The number of benzene rings is 1. The maximum absolute atomic E-state index is 12.6. The molecule has 0 saturated carbocycles. The summed E-state index contributed by atoms with van der Waals surface area (Å²) >= 11 is 0. The Hall–Kier alpha value is -1.60. The molecule has 2 aromatic rings. The zero-order chi connectivity index (χ0) is 16.2. The van der Waals surface area contributed by atoms with Gasteiger partial charge in [0.05, 0.1) is 7.11 Å². The third-order valence-corrected chi connectivity index (χ3v) is 6.01. The van der Waals surface area contributed by atoms with Crippen LogP contribution in [0.3, 0.4) is 0 Å². The number of rotatable bonds is 3. The van der Waals surface area contributed by atoms with Crippen molar-refractivity contribution in [1.29, 1.82) is 0 Å². The first kappa shape index (κ1) is 16.3. The van der Waals surface area contributed by atoms with Crippen molar-refractivity contribution < 1.29 is 9.53 Å². The molecule has 5 nitrogen and oxygen atoms in total. The number of amides is 1. The zero-order valence-corrected chi connectivity index (χ0v) is 14.8. The maximum atomic E-state index is 12.6. The highest BCUT2D eigenvalue weighted by Gasteiger charge is 2.20. The summed E-state index contributed by atoms with van der Waals surface area (Å²) in [6.45, 7) is 3.57. The lowest BCUT2D eigenvalue weighted by Gasteiger charge is -2.18. The molecule has 7 heteroatoms. The summed E-state index contributed by atoms with van der Waals surface area (Å²) in [7, 11) is 5.28. The fourth-order valence-corrected chi connectivity index (χ4v) is 4.42. The van der Waals surface area contributed by atoms with Crippen LogP contribution in [-0.2, 0) is 0 Å². The van der Waals surface area contributed by atoms with Crippen molar-refractivity contribution in [3.05, 3.63) is 41.7 Å². The number of carbonyl (C=O) groups excluding carboxylic acids is 1. The molecule has 3 rings (SSSR count). The van der Waals surface area contributed by atoms with E-state index in [0.29, 0.717) is 5.69 Å². The highest BCUT2D eigenvalue weighted by molar-refractivity contribution is 8.76. The molecule has 0 unspecified atom stereocenters. The molecule has 1 aromatic heterocycles. The molecule has 23 heavy (non-hydrogen) atoms. The molecule has 0 bridgehead atoms. The Morgan fingerprint density at radius 2 is 1.96 bits per heavy atom. The minimum Gasteiger partial charge on any atom is -0.494 e. The van der Waals surface area contributed by atoms with E-state index in [1.54, 1.807) is 17.9 Å². The third-order valence-electron chi connectivity index (χ3n) is 3.65. The molecule has 0 atom stereocenters. The van der Waals surface area contributed by atoms with Crippen molar-refractivity contribution in [3.8, 4) is 11.4 Å². The molecule has 0 N–H and O–H groups in total. The van der Waals surface area contributed by atoms with Crippen molar-refractivity contribution in [3.63, 3.8) is 0 Å². The van der Waals surface area contributed by atoms with Crippen LogP contribution in [0, 0.1) is 6.92 Å². The van der Waals surface area contributed by atoms with Gasteiger partial charge in [-0.25, -0.2) is 4.68 Å². The van der Waals surface area contributed by atoms with Crippen molar-refractivity contribution in [1.82, 2.24) is 14.7 Å². The van der Waals surface area contributed by atoms with Crippen LogP contribution in [0.2, 0.25) is 0 Å². The number of hydrogen-bond donors (Lipinski definition) is 0. The summed E-state index contributed by atoms with van der Waals surface area (Å²) in [5, 5.41) is 4.47. The van der Waals surface area contributed by atoms with Crippen molar-refractivity contribution >= 4 is 27.5 Å². The quantitative estimate of drug-likeness (QED) is 0.797. The lowest BCUT2D eigenvalue weighted by Crippen LogP contribution is -2.34. The van der Waals surface area contributed by atoms with Gasteiger partial charge >= 0.3 is 0 Å². The van der Waals surface area contributed by atoms with E-state index < -0.39 is 0 Å². The molecule has 2 heterocycles. The van der Waals surface area contributed by atoms with Crippen LogP contribution in [0.4, 0.5) is 0 Å². The van der Waals surface area contributed by atoms with Gasteiger partial charge in [0.2, 0.25) is 0 Å². The molecule has 1 aromatic carbocycles. The minimum atomic E-state index is -0.00142.